The quantitative estimate of drug-likeness (QED) is 0.301. The minimum absolute atomic E-state index is 0.0743. The molecule has 1 saturated heterocycles. The number of benzene rings is 3. The minimum Gasteiger partial charge on any atom is -0.349 e. The van der Waals surface area contributed by atoms with Gasteiger partial charge in [-0.2, -0.15) is 18.3 Å². The van der Waals surface area contributed by atoms with Crippen LogP contribution in [0.3, 0.4) is 0 Å². The summed E-state index contributed by atoms with van der Waals surface area (Å²) in [6.07, 6.45) is -2.90. The second-order valence-electron chi connectivity index (χ2n) is 9.36. The Balaban J connectivity index is 1.27. The average Bonchev–Trinajstić information content (AvgIpc) is 3.37. The van der Waals surface area contributed by atoms with Crippen LogP contribution < -0.4 is 5.32 Å². The van der Waals surface area contributed by atoms with Gasteiger partial charge in [0.1, 0.15) is 0 Å². The van der Waals surface area contributed by atoms with Crippen LogP contribution in [0.25, 0.3) is 16.9 Å². The lowest BCUT2D eigenvalue weighted by atomic mass is 10.0. The summed E-state index contributed by atoms with van der Waals surface area (Å²) in [6.45, 7) is 2.68. The molecular weight excluding hydrogens is 513 g/mol. The first-order valence-corrected chi connectivity index (χ1v) is 12.8. The van der Waals surface area contributed by atoms with E-state index in [9.17, 15) is 18.0 Å². The molecule has 1 aliphatic heterocycles. The third-order valence-corrected chi connectivity index (χ3v) is 7.01. The zero-order valence-corrected chi connectivity index (χ0v) is 21.2. The summed E-state index contributed by atoms with van der Waals surface area (Å²) in [7, 11) is 0. The Morgan fingerprint density at radius 1 is 0.947 bits per heavy atom. The predicted octanol–water partition coefficient (Wildman–Crippen LogP) is 6.61. The number of rotatable bonds is 6. The summed E-state index contributed by atoms with van der Waals surface area (Å²) in [6, 6.07) is 24.4. The number of hydrogen-bond donors (Lipinski definition) is 1. The van der Waals surface area contributed by atoms with Gasteiger partial charge in [-0.25, -0.2) is 4.68 Å². The number of alkyl halides is 3. The number of likely N-dealkylation sites (tertiary alicyclic amines) is 1. The van der Waals surface area contributed by atoms with Crippen molar-refractivity contribution in [3.05, 3.63) is 107 Å². The van der Waals surface area contributed by atoms with Gasteiger partial charge in [0.15, 0.2) is 5.69 Å². The Morgan fingerprint density at radius 3 is 2.26 bits per heavy atom. The highest BCUT2D eigenvalue weighted by molar-refractivity contribution is 6.32. The van der Waals surface area contributed by atoms with Gasteiger partial charge >= 0.3 is 6.18 Å². The number of piperidine rings is 1. The molecule has 1 amide bonds. The molecule has 5 rings (SSSR count). The fourth-order valence-corrected chi connectivity index (χ4v) is 4.89. The summed E-state index contributed by atoms with van der Waals surface area (Å²) in [5.74, 6) is -0.200. The molecule has 1 N–H and O–H groups in total. The highest BCUT2D eigenvalue weighted by Gasteiger charge is 2.35. The lowest BCUT2D eigenvalue weighted by Gasteiger charge is -2.32. The molecule has 0 bridgehead atoms. The van der Waals surface area contributed by atoms with E-state index >= 15 is 0 Å². The van der Waals surface area contributed by atoms with Crippen LogP contribution in [0, 0.1) is 0 Å². The molecule has 2 heterocycles. The van der Waals surface area contributed by atoms with E-state index in [0.717, 1.165) is 38.5 Å². The van der Waals surface area contributed by atoms with E-state index in [1.807, 2.05) is 18.2 Å². The molecule has 1 aromatic heterocycles. The van der Waals surface area contributed by atoms with E-state index in [0.29, 0.717) is 16.8 Å². The highest BCUT2D eigenvalue weighted by Crippen LogP contribution is 2.34. The first kappa shape index (κ1) is 26.0. The van der Waals surface area contributed by atoms with Crippen LogP contribution in [0.4, 0.5) is 13.2 Å². The van der Waals surface area contributed by atoms with Crippen molar-refractivity contribution in [2.45, 2.75) is 31.6 Å². The Labute approximate surface area is 223 Å². The maximum Gasteiger partial charge on any atom is 0.435 e. The normalized spacial score (nSPS) is 14.9. The number of nitrogens with one attached hydrogen (secondary N) is 1. The third kappa shape index (κ3) is 5.92. The third-order valence-electron chi connectivity index (χ3n) is 6.70. The molecule has 0 unspecified atom stereocenters. The number of amides is 1. The van der Waals surface area contributed by atoms with Crippen LogP contribution in [0.15, 0.2) is 84.9 Å². The first-order valence-electron chi connectivity index (χ1n) is 12.4. The molecule has 9 heteroatoms. The van der Waals surface area contributed by atoms with Gasteiger partial charge in [0.05, 0.1) is 16.4 Å². The van der Waals surface area contributed by atoms with Crippen molar-refractivity contribution in [3.8, 4) is 16.9 Å². The monoisotopic (exact) mass is 538 g/mol. The smallest absolute Gasteiger partial charge is 0.349 e. The molecule has 0 aliphatic carbocycles. The molecule has 0 spiro atoms. The number of carbonyl (C=O) groups excluding carboxylic acids is 1. The molecule has 1 fully saturated rings. The number of para-hydroxylation sites is 1. The fraction of sp³-hybridized carbons (Fsp3) is 0.241. The molecule has 196 valence electrons. The van der Waals surface area contributed by atoms with Crippen LogP contribution in [0.1, 0.15) is 34.5 Å². The van der Waals surface area contributed by atoms with E-state index in [-0.39, 0.29) is 22.7 Å². The summed E-state index contributed by atoms with van der Waals surface area (Å²) in [4.78, 5) is 15.3. The van der Waals surface area contributed by atoms with Gasteiger partial charge in [-0.3, -0.25) is 9.69 Å². The van der Waals surface area contributed by atoms with E-state index in [1.165, 1.54) is 10.2 Å². The van der Waals surface area contributed by atoms with E-state index < -0.39 is 11.9 Å². The molecular formula is C29H26ClF3N4O. The summed E-state index contributed by atoms with van der Waals surface area (Å²) in [5, 5.41) is 7.15. The van der Waals surface area contributed by atoms with Crippen LogP contribution in [-0.2, 0) is 12.7 Å². The van der Waals surface area contributed by atoms with Gasteiger partial charge in [-0.05, 0) is 48.7 Å². The molecule has 1 aliphatic rings. The SMILES string of the molecule is O=C(NC1CCN(Cc2ccccc2)CC1)c1ccc(-c2cc(C(F)(F)F)nn2-c2ccccc2Cl)cc1. The van der Waals surface area contributed by atoms with Crippen molar-refractivity contribution in [1.29, 1.82) is 0 Å². The molecule has 0 saturated carbocycles. The van der Waals surface area contributed by atoms with E-state index in [2.05, 4.69) is 27.4 Å². The lowest BCUT2D eigenvalue weighted by molar-refractivity contribution is -0.141. The van der Waals surface area contributed by atoms with Gasteiger partial charge in [-0.1, -0.05) is 66.2 Å². The zero-order valence-electron chi connectivity index (χ0n) is 20.5. The topological polar surface area (TPSA) is 50.2 Å². The second-order valence-corrected chi connectivity index (χ2v) is 9.77. The Kier molecular flexibility index (Phi) is 7.53. The van der Waals surface area contributed by atoms with Crippen molar-refractivity contribution in [2.24, 2.45) is 0 Å². The van der Waals surface area contributed by atoms with Crippen LogP contribution in [0.2, 0.25) is 5.02 Å². The maximum atomic E-state index is 13.5. The van der Waals surface area contributed by atoms with Gasteiger partial charge in [0.2, 0.25) is 0 Å². The lowest BCUT2D eigenvalue weighted by Crippen LogP contribution is -2.44. The summed E-state index contributed by atoms with van der Waals surface area (Å²) < 4.78 is 41.6. The Bertz CT molecular complexity index is 1400. The van der Waals surface area contributed by atoms with Crippen LogP contribution in [0.5, 0.6) is 0 Å². The summed E-state index contributed by atoms with van der Waals surface area (Å²) in [5.41, 5.74) is 1.74. The highest BCUT2D eigenvalue weighted by atomic mass is 35.5. The summed E-state index contributed by atoms with van der Waals surface area (Å²) >= 11 is 6.25. The average molecular weight is 539 g/mol. The number of aromatic nitrogens is 2. The van der Waals surface area contributed by atoms with Gasteiger partial charge in [0.25, 0.3) is 5.91 Å². The Morgan fingerprint density at radius 2 is 1.61 bits per heavy atom. The van der Waals surface area contributed by atoms with Gasteiger partial charge < -0.3 is 5.32 Å². The number of carbonyl (C=O) groups is 1. The first-order chi connectivity index (χ1) is 18.3. The minimum atomic E-state index is -4.61. The van der Waals surface area contributed by atoms with Crippen LogP contribution >= 0.6 is 11.6 Å². The zero-order chi connectivity index (χ0) is 26.7. The second kappa shape index (κ2) is 11.0. The van der Waals surface area contributed by atoms with Crippen molar-refractivity contribution < 1.29 is 18.0 Å². The maximum absolute atomic E-state index is 13.5. The Hall–Kier alpha value is -3.62. The number of hydrogen-bond acceptors (Lipinski definition) is 3. The molecule has 4 aromatic rings. The van der Waals surface area contributed by atoms with E-state index in [1.54, 1.807) is 48.5 Å². The van der Waals surface area contributed by atoms with Crippen molar-refractivity contribution >= 4 is 17.5 Å². The standard InChI is InChI=1S/C29H26ClF3N4O/c30-24-8-4-5-9-25(24)37-26(18-27(35-37)29(31,32)33)21-10-12-22(13-11-21)28(38)34-23-14-16-36(17-15-23)19-20-6-2-1-3-7-20/h1-13,18,23H,14-17,19H2,(H,34,38). The van der Waals surface area contributed by atoms with Crippen LogP contribution in [-0.4, -0.2) is 39.7 Å². The molecule has 3 aromatic carbocycles. The molecule has 38 heavy (non-hydrogen) atoms. The van der Waals surface area contributed by atoms with E-state index in [4.69, 9.17) is 11.6 Å². The van der Waals surface area contributed by atoms with Crippen molar-refractivity contribution in [1.82, 2.24) is 20.0 Å². The largest absolute Gasteiger partial charge is 0.435 e. The molecule has 0 radical (unpaired) electrons. The number of nitrogens with zero attached hydrogens (tertiary/aromatic N) is 3. The fourth-order valence-electron chi connectivity index (χ4n) is 4.67. The predicted molar refractivity (Wildman–Crippen MR) is 141 cm³/mol. The van der Waals surface area contributed by atoms with Gasteiger partial charge in [-0.15, -0.1) is 0 Å². The number of halogens is 4. The molecule has 0 atom stereocenters. The van der Waals surface area contributed by atoms with Gasteiger partial charge in [0, 0.05) is 36.8 Å². The van der Waals surface area contributed by atoms with Crippen molar-refractivity contribution in [3.63, 3.8) is 0 Å². The van der Waals surface area contributed by atoms with Crippen molar-refractivity contribution in [2.75, 3.05) is 13.1 Å². The molecule has 5 nitrogen and oxygen atoms in total.